The van der Waals surface area contributed by atoms with Crippen LogP contribution in [0.2, 0.25) is 0 Å². The fraction of sp³-hybridized carbons (Fsp3) is 0.533. The first kappa shape index (κ1) is 15.8. The minimum absolute atomic E-state index is 0.0990. The number of carbonyl (C=O) groups is 1. The molecule has 0 spiro atoms. The van der Waals surface area contributed by atoms with E-state index < -0.39 is 5.97 Å². The van der Waals surface area contributed by atoms with Crippen LogP contribution in [0, 0.1) is 0 Å². The topological polar surface area (TPSA) is 79.2 Å². The quantitative estimate of drug-likeness (QED) is 0.772. The molecular formula is C15H21NO5. The van der Waals surface area contributed by atoms with E-state index in [4.69, 9.17) is 19.7 Å². The smallest absolute Gasteiger partial charge is 0.341 e. The largest absolute Gasteiger partial charge is 0.482 e. The number of nitrogens with zero attached hydrogens (tertiary/aromatic N) is 1. The van der Waals surface area contributed by atoms with Crippen molar-refractivity contribution in [3.05, 3.63) is 29.8 Å². The molecule has 6 heteroatoms. The first-order chi connectivity index (χ1) is 10.2. The van der Waals surface area contributed by atoms with Gasteiger partial charge in [0, 0.05) is 26.2 Å². The fourth-order valence-electron chi connectivity index (χ4n) is 2.34. The van der Waals surface area contributed by atoms with Crippen molar-refractivity contribution in [2.75, 3.05) is 32.9 Å². The van der Waals surface area contributed by atoms with Crippen LogP contribution in [0.4, 0.5) is 0 Å². The standard InChI is InChI=1S/C15H21NO5/c17-7-5-14-10-16(6-8-20-14)9-12-1-3-13(4-2-12)21-11-15(18)19/h1-4,14,17H,5-11H2,(H,18,19)/t14-/m0/s1. The number of carboxylic acid groups (broad SMARTS) is 1. The highest BCUT2D eigenvalue weighted by molar-refractivity contribution is 5.68. The number of aliphatic hydroxyl groups is 1. The molecule has 0 bridgehead atoms. The van der Waals surface area contributed by atoms with E-state index in [0.29, 0.717) is 18.8 Å². The van der Waals surface area contributed by atoms with E-state index in [2.05, 4.69) is 4.90 Å². The van der Waals surface area contributed by atoms with E-state index in [-0.39, 0.29) is 19.3 Å². The molecule has 0 saturated carbocycles. The lowest BCUT2D eigenvalue weighted by Gasteiger charge is -2.32. The minimum atomic E-state index is -0.984. The number of rotatable bonds is 7. The molecule has 1 heterocycles. The number of aliphatic carboxylic acids is 1. The Morgan fingerprint density at radius 3 is 2.81 bits per heavy atom. The Balaban J connectivity index is 1.83. The second-order valence-electron chi connectivity index (χ2n) is 5.07. The maximum absolute atomic E-state index is 10.4. The summed E-state index contributed by atoms with van der Waals surface area (Å²) in [6, 6.07) is 7.44. The Hall–Kier alpha value is -1.63. The average Bonchev–Trinajstić information content (AvgIpc) is 2.47. The zero-order valence-electron chi connectivity index (χ0n) is 11.9. The third-order valence-electron chi connectivity index (χ3n) is 3.37. The van der Waals surface area contributed by atoms with Gasteiger partial charge in [0.15, 0.2) is 6.61 Å². The fourth-order valence-corrected chi connectivity index (χ4v) is 2.34. The summed E-state index contributed by atoms with van der Waals surface area (Å²) in [5.41, 5.74) is 1.14. The van der Waals surface area contributed by atoms with Gasteiger partial charge in [-0.2, -0.15) is 0 Å². The molecule has 0 aliphatic carbocycles. The number of hydrogen-bond donors (Lipinski definition) is 2. The van der Waals surface area contributed by atoms with Crippen molar-refractivity contribution in [1.29, 1.82) is 0 Å². The highest BCUT2D eigenvalue weighted by atomic mass is 16.5. The van der Waals surface area contributed by atoms with Gasteiger partial charge in [-0.25, -0.2) is 4.79 Å². The number of morpholine rings is 1. The average molecular weight is 295 g/mol. The first-order valence-electron chi connectivity index (χ1n) is 7.05. The van der Waals surface area contributed by atoms with Crippen molar-refractivity contribution in [2.24, 2.45) is 0 Å². The molecular weight excluding hydrogens is 274 g/mol. The molecule has 1 aromatic rings. The van der Waals surface area contributed by atoms with Crippen LogP contribution >= 0.6 is 0 Å². The van der Waals surface area contributed by atoms with Crippen LogP contribution in [0.25, 0.3) is 0 Å². The van der Waals surface area contributed by atoms with Crippen molar-refractivity contribution in [3.63, 3.8) is 0 Å². The predicted octanol–water partition coefficient (Wildman–Crippen LogP) is 0.733. The SMILES string of the molecule is O=C(O)COc1ccc(CN2CCO[C@@H](CCO)C2)cc1. The van der Waals surface area contributed by atoms with Crippen LogP contribution in [0.3, 0.4) is 0 Å². The Morgan fingerprint density at radius 1 is 1.38 bits per heavy atom. The van der Waals surface area contributed by atoms with Gasteiger partial charge in [-0.3, -0.25) is 4.90 Å². The molecule has 0 unspecified atom stereocenters. The van der Waals surface area contributed by atoms with E-state index >= 15 is 0 Å². The van der Waals surface area contributed by atoms with Crippen LogP contribution in [-0.4, -0.2) is 60.1 Å². The van der Waals surface area contributed by atoms with Crippen LogP contribution in [0.1, 0.15) is 12.0 Å². The zero-order valence-corrected chi connectivity index (χ0v) is 11.9. The molecule has 0 aromatic heterocycles. The van der Waals surface area contributed by atoms with Gasteiger partial charge in [0.1, 0.15) is 5.75 Å². The summed E-state index contributed by atoms with van der Waals surface area (Å²) in [5.74, 6) is -0.427. The molecule has 1 aromatic carbocycles. The van der Waals surface area contributed by atoms with Crippen molar-refractivity contribution < 1.29 is 24.5 Å². The molecule has 2 N–H and O–H groups in total. The number of benzene rings is 1. The molecule has 1 aliphatic heterocycles. The molecule has 1 saturated heterocycles. The third-order valence-corrected chi connectivity index (χ3v) is 3.37. The Bertz CT molecular complexity index is 446. The van der Waals surface area contributed by atoms with Crippen LogP contribution in [0.5, 0.6) is 5.75 Å². The summed E-state index contributed by atoms with van der Waals surface area (Å²) >= 11 is 0. The second-order valence-corrected chi connectivity index (χ2v) is 5.07. The summed E-state index contributed by atoms with van der Waals surface area (Å²) in [4.78, 5) is 12.7. The lowest BCUT2D eigenvalue weighted by Crippen LogP contribution is -2.42. The summed E-state index contributed by atoms with van der Waals surface area (Å²) in [6.45, 7) is 3.01. The number of aliphatic hydroxyl groups excluding tert-OH is 1. The summed E-state index contributed by atoms with van der Waals surface area (Å²) < 4.78 is 10.7. The lowest BCUT2D eigenvalue weighted by molar-refractivity contribution is -0.139. The highest BCUT2D eigenvalue weighted by Crippen LogP contribution is 2.16. The van der Waals surface area contributed by atoms with Crippen LogP contribution < -0.4 is 4.74 Å². The third kappa shape index (κ3) is 5.34. The van der Waals surface area contributed by atoms with Gasteiger partial charge in [0.2, 0.25) is 0 Å². The maximum Gasteiger partial charge on any atom is 0.341 e. The van der Waals surface area contributed by atoms with Crippen molar-refractivity contribution in [3.8, 4) is 5.75 Å². The van der Waals surface area contributed by atoms with E-state index in [9.17, 15) is 4.79 Å². The molecule has 0 amide bonds. The van der Waals surface area contributed by atoms with Gasteiger partial charge >= 0.3 is 5.97 Å². The van der Waals surface area contributed by atoms with Gasteiger partial charge in [-0.1, -0.05) is 12.1 Å². The minimum Gasteiger partial charge on any atom is -0.482 e. The summed E-state index contributed by atoms with van der Waals surface area (Å²) in [5, 5.41) is 17.5. The van der Waals surface area contributed by atoms with Gasteiger partial charge in [0.05, 0.1) is 12.7 Å². The molecule has 21 heavy (non-hydrogen) atoms. The van der Waals surface area contributed by atoms with Gasteiger partial charge in [0.25, 0.3) is 0 Å². The summed E-state index contributed by atoms with van der Waals surface area (Å²) in [6.07, 6.45) is 0.764. The lowest BCUT2D eigenvalue weighted by atomic mass is 10.1. The van der Waals surface area contributed by atoms with Gasteiger partial charge in [-0.15, -0.1) is 0 Å². The van der Waals surface area contributed by atoms with Crippen molar-refractivity contribution >= 4 is 5.97 Å². The molecule has 6 nitrogen and oxygen atoms in total. The first-order valence-corrected chi connectivity index (χ1v) is 7.05. The Labute approximate surface area is 123 Å². The molecule has 2 rings (SSSR count). The summed E-state index contributed by atoms with van der Waals surface area (Å²) in [7, 11) is 0. The molecule has 0 radical (unpaired) electrons. The Kier molecular flexibility index (Phi) is 5.98. The number of carboxylic acids is 1. The maximum atomic E-state index is 10.4. The number of hydrogen-bond acceptors (Lipinski definition) is 5. The Morgan fingerprint density at radius 2 is 2.14 bits per heavy atom. The van der Waals surface area contributed by atoms with E-state index in [1.54, 1.807) is 12.1 Å². The van der Waals surface area contributed by atoms with Crippen molar-refractivity contribution in [1.82, 2.24) is 4.90 Å². The monoisotopic (exact) mass is 295 g/mol. The molecule has 116 valence electrons. The van der Waals surface area contributed by atoms with Crippen molar-refractivity contribution in [2.45, 2.75) is 19.1 Å². The normalized spacial score (nSPS) is 19.4. The second kappa shape index (κ2) is 7.97. The molecule has 1 aliphatic rings. The molecule has 1 atom stereocenters. The van der Waals surface area contributed by atoms with Crippen LogP contribution in [0.15, 0.2) is 24.3 Å². The number of ether oxygens (including phenoxy) is 2. The zero-order chi connectivity index (χ0) is 15.1. The van der Waals surface area contributed by atoms with E-state index in [1.807, 2.05) is 12.1 Å². The molecule has 1 fully saturated rings. The van der Waals surface area contributed by atoms with Gasteiger partial charge in [-0.05, 0) is 24.1 Å². The highest BCUT2D eigenvalue weighted by Gasteiger charge is 2.19. The van der Waals surface area contributed by atoms with E-state index in [0.717, 1.165) is 25.2 Å². The van der Waals surface area contributed by atoms with E-state index in [1.165, 1.54) is 0 Å². The van der Waals surface area contributed by atoms with Crippen LogP contribution in [-0.2, 0) is 16.1 Å². The predicted molar refractivity (Wildman–Crippen MR) is 76.3 cm³/mol. The van der Waals surface area contributed by atoms with Gasteiger partial charge < -0.3 is 19.7 Å².